The number of rotatable bonds is 9. The number of nitrogens with one attached hydrogen (secondary N) is 3. The van der Waals surface area contributed by atoms with Crippen LogP contribution in [0, 0.1) is 18.7 Å². The highest BCUT2D eigenvalue weighted by Gasteiger charge is 2.16. The largest absolute Gasteiger partial charge is 0.348 e. The molecule has 2 amide bonds. The van der Waals surface area contributed by atoms with Crippen molar-refractivity contribution >= 4 is 33.2 Å². The third kappa shape index (κ3) is 7.38. The van der Waals surface area contributed by atoms with Crippen molar-refractivity contribution in [2.24, 2.45) is 5.92 Å². The van der Waals surface area contributed by atoms with Crippen LogP contribution >= 0.6 is 0 Å². The molecule has 0 bridgehead atoms. The number of benzene rings is 3. The number of aryl methyl sites for hydroxylation is 1. The minimum absolute atomic E-state index is 0.0548. The number of carbonyl (C=O) groups is 2. The summed E-state index contributed by atoms with van der Waals surface area (Å²) in [6, 6.07) is 16.8. The van der Waals surface area contributed by atoms with Gasteiger partial charge in [-0.2, -0.15) is 0 Å². The highest BCUT2D eigenvalue weighted by molar-refractivity contribution is 7.92. The Morgan fingerprint density at radius 3 is 2.31 bits per heavy atom. The minimum atomic E-state index is -3.90. The average Bonchev–Trinajstić information content (AvgIpc) is 2.79. The molecule has 0 aliphatic heterocycles. The van der Waals surface area contributed by atoms with E-state index in [9.17, 15) is 22.4 Å². The number of sulfonamides is 1. The Bertz CT molecular complexity index is 1320. The van der Waals surface area contributed by atoms with Gasteiger partial charge in [-0.1, -0.05) is 26.0 Å². The SMILES string of the molecule is Cc1cc(S(=O)(=O)Nc2ccc(C(=O)NCc3cccc(NC(=O)CC(C)C)c3)cc2)ccc1F. The molecule has 0 fully saturated rings. The van der Waals surface area contributed by atoms with Gasteiger partial charge in [0.15, 0.2) is 0 Å². The molecule has 0 heterocycles. The maximum atomic E-state index is 13.4. The predicted molar refractivity (Wildman–Crippen MR) is 134 cm³/mol. The summed E-state index contributed by atoms with van der Waals surface area (Å²) in [5.74, 6) is -0.623. The fraction of sp³-hybridized carbons (Fsp3) is 0.231. The van der Waals surface area contributed by atoms with Crippen molar-refractivity contribution in [2.75, 3.05) is 10.0 Å². The van der Waals surface area contributed by atoms with E-state index in [-0.39, 0.29) is 40.4 Å². The quantitative estimate of drug-likeness (QED) is 0.393. The fourth-order valence-electron chi connectivity index (χ4n) is 3.31. The van der Waals surface area contributed by atoms with Crippen LogP contribution in [-0.2, 0) is 21.4 Å². The predicted octanol–water partition coefficient (Wildman–Crippen LogP) is 4.85. The third-order valence-electron chi connectivity index (χ3n) is 5.10. The highest BCUT2D eigenvalue weighted by atomic mass is 32.2. The van der Waals surface area contributed by atoms with Gasteiger partial charge in [0.1, 0.15) is 5.82 Å². The monoisotopic (exact) mass is 497 g/mol. The van der Waals surface area contributed by atoms with Crippen LogP contribution in [0.1, 0.15) is 41.8 Å². The molecule has 0 spiro atoms. The summed E-state index contributed by atoms with van der Waals surface area (Å²) in [5, 5.41) is 5.66. The first-order valence-corrected chi connectivity index (χ1v) is 12.6. The lowest BCUT2D eigenvalue weighted by molar-refractivity contribution is -0.116. The van der Waals surface area contributed by atoms with Crippen LogP contribution in [0.3, 0.4) is 0 Å². The number of halogens is 1. The highest BCUT2D eigenvalue weighted by Crippen LogP contribution is 2.19. The Morgan fingerprint density at radius 2 is 1.66 bits per heavy atom. The molecule has 0 aliphatic rings. The number of hydrogen-bond acceptors (Lipinski definition) is 4. The van der Waals surface area contributed by atoms with Crippen LogP contribution < -0.4 is 15.4 Å². The molecule has 3 N–H and O–H groups in total. The minimum Gasteiger partial charge on any atom is -0.348 e. The van der Waals surface area contributed by atoms with Crippen LogP contribution in [0.5, 0.6) is 0 Å². The van der Waals surface area contributed by atoms with Crippen LogP contribution in [0.15, 0.2) is 71.6 Å². The number of anilines is 2. The van der Waals surface area contributed by atoms with Gasteiger partial charge < -0.3 is 10.6 Å². The normalized spacial score (nSPS) is 11.2. The summed E-state index contributed by atoms with van der Waals surface area (Å²) in [4.78, 5) is 24.4. The van der Waals surface area contributed by atoms with E-state index in [0.29, 0.717) is 17.7 Å². The Morgan fingerprint density at radius 1 is 0.943 bits per heavy atom. The van der Waals surface area contributed by atoms with Gasteiger partial charge in [0.05, 0.1) is 4.90 Å². The smallest absolute Gasteiger partial charge is 0.261 e. The van der Waals surface area contributed by atoms with Crippen molar-refractivity contribution in [1.29, 1.82) is 0 Å². The lowest BCUT2D eigenvalue weighted by atomic mass is 10.1. The molecule has 184 valence electrons. The van der Waals surface area contributed by atoms with E-state index in [4.69, 9.17) is 0 Å². The number of hydrogen-bond donors (Lipinski definition) is 3. The van der Waals surface area contributed by atoms with E-state index >= 15 is 0 Å². The summed E-state index contributed by atoms with van der Waals surface area (Å²) in [6.07, 6.45) is 0.427. The second kappa shape index (κ2) is 11.1. The molecule has 35 heavy (non-hydrogen) atoms. The van der Waals surface area contributed by atoms with Gasteiger partial charge in [-0.15, -0.1) is 0 Å². The summed E-state index contributed by atoms with van der Waals surface area (Å²) in [6.45, 7) is 5.69. The standard InChI is InChI=1S/C26H28FN3O4S/c1-17(2)13-25(31)29-22-6-4-5-19(15-22)16-28-26(32)20-7-9-21(10-8-20)30-35(33,34)23-11-12-24(27)18(3)14-23/h4-12,14-15,17,30H,13,16H2,1-3H3,(H,28,32)(H,29,31). The van der Waals surface area contributed by atoms with Crippen LogP contribution in [0.4, 0.5) is 15.8 Å². The first kappa shape index (κ1) is 25.9. The lowest BCUT2D eigenvalue weighted by Gasteiger charge is -2.11. The molecular weight excluding hydrogens is 469 g/mol. The zero-order chi connectivity index (χ0) is 25.6. The van der Waals surface area contributed by atoms with E-state index in [0.717, 1.165) is 11.6 Å². The van der Waals surface area contributed by atoms with Gasteiger partial charge in [-0.05, 0) is 78.6 Å². The summed E-state index contributed by atoms with van der Waals surface area (Å²) < 4.78 is 41.0. The van der Waals surface area contributed by atoms with E-state index in [2.05, 4.69) is 15.4 Å². The van der Waals surface area contributed by atoms with Gasteiger partial charge in [0.2, 0.25) is 5.91 Å². The van der Waals surface area contributed by atoms with E-state index in [1.807, 2.05) is 19.9 Å². The zero-order valence-corrected chi connectivity index (χ0v) is 20.6. The first-order chi connectivity index (χ1) is 16.5. The Balaban J connectivity index is 1.59. The van der Waals surface area contributed by atoms with Crippen molar-refractivity contribution in [3.8, 4) is 0 Å². The van der Waals surface area contributed by atoms with Gasteiger partial charge in [-0.3, -0.25) is 14.3 Å². The third-order valence-corrected chi connectivity index (χ3v) is 6.48. The van der Waals surface area contributed by atoms with Gasteiger partial charge in [-0.25, -0.2) is 12.8 Å². The molecule has 0 saturated heterocycles. The molecule has 0 saturated carbocycles. The number of amides is 2. The van der Waals surface area contributed by atoms with Gasteiger partial charge >= 0.3 is 0 Å². The van der Waals surface area contributed by atoms with Crippen LogP contribution in [0.2, 0.25) is 0 Å². The van der Waals surface area contributed by atoms with E-state index in [1.54, 1.807) is 18.2 Å². The molecule has 3 aromatic rings. The summed E-state index contributed by atoms with van der Waals surface area (Å²) in [5.41, 5.74) is 2.33. The second-order valence-electron chi connectivity index (χ2n) is 8.62. The zero-order valence-electron chi connectivity index (χ0n) is 19.8. The van der Waals surface area contributed by atoms with Crippen molar-refractivity contribution in [3.63, 3.8) is 0 Å². The van der Waals surface area contributed by atoms with Crippen LogP contribution in [0.25, 0.3) is 0 Å². The molecule has 3 aromatic carbocycles. The van der Waals surface area contributed by atoms with Crippen molar-refractivity contribution in [1.82, 2.24) is 5.32 Å². The molecule has 0 unspecified atom stereocenters. The molecule has 0 aromatic heterocycles. The maximum absolute atomic E-state index is 13.4. The Kier molecular flexibility index (Phi) is 8.24. The maximum Gasteiger partial charge on any atom is 0.261 e. The topological polar surface area (TPSA) is 104 Å². The molecule has 0 radical (unpaired) electrons. The van der Waals surface area contributed by atoms with Crippen LogP contribution in [-0.4, -0.2) is 20.2 Å². The first-order valence-electron chi connectivity index (χ1n) is 11.1. The van der Waals surface area contributed by atoms with Gasteiger partial charge in [0.25, 0.3) is 15.9 Å². The van der Waals surface area contributed by atoms with E-state index < -0.39 is 15.8 Å². The van der Waals surface area contributed by atoms with Crippen molar-refractivity contribution in [2.45, 2.75) is 38.6 Å². The summed E-state index contributed by atoms with van der Waals surface area (Å²) in [7, 11) is -3.90. The van der Waals surface area contributed by atoms with Gasteiger partial charge in [0, 0.05) is 29.9 Å². The summed E-state index contributed by atoms with van der Waals surface area (Å²) >= 11 is 0. The molecule has 3 rings (SSSR count). The molecular formula is C26H28FN3O4S. The molecule has 7 nitrogen and oxygen atoms in total. The average molecular weight is 498 g/mol. The Labute approximate surface area is 204 Å². The fourth-order valence-corrected chi connectivity index (χ4v) is 4.46. The lowest BCUT2D eigenvalue weighted by Crippen LogP contribution is -2.23. The molecule has 9 heteroatoms. The number of carbonyl (C=O) groups excluding carboxylic acids is 2. The Hall–Kier alpha value is -3.72. The van der Waals surface area contributed by atoms with Crippen molar-refractivity contribution in [3.05, 3.63) is 89.2 Å². The van der Waals surface area contributed by atoms with E-state index in [1.165, 1.54) is 43.3 Å². The molecule has 0 atom stereocenters. The molecule has 0 aliphatic carbocycles. The van der Waals surface area contributed by atoms with Crippen molar-refractivity contribution < 1.29 is 22.4 Å². The second-order valence-corrected chi connectivity index (χ2v) is 10.3.